The van der Waals surface area contributed by atoms with Gasteiger partial charge in [0, 0.05) is 0 Å². The number of carbonyl (C=O) groups is 1. The third-order valence-electron chi connectivity index (χ3n) is 5.22. The first kappa shape index (κ1) is 32.4. The van der Waals surface area contributed by atoms with Crippen LogP contribution in [0.4, 0.5) is 0 Å². The molecule has 1 fully saturated rings. The molecule has 1 rings (SSSR count). The summed E-state index contributed by atoms with van der Waals surface area (Å²) in [5.74, 6) is -1.42. The Morgan fingerprint density at radius 3 is 1.97 bits per heavy atom. The van der Waals surface area contributed by atoms with Gasteiger partial charge >= 0.3 is 15.2 Å². The summed E-state index contributed by atoms with van der Waals surface area (Å²) in [7, 11) is -10.9. The Balaban J connectivity index is 3.06. The fraction of sp³-hybridized carbons (Fsp3) is 0.933. The number of aliphatic hydroxyl groups excluding tert-OH is 7. The highest BCUT2D eigenvalue weighted by molar-refractivity contribution is 7.70. The van der Waals surface area contributed by atoms with Gasteiger partial charge in [-0.05, 0) is 0 Å². The Kier molecular flexibility index (Phi) is 12.3. The zero-order valence-corrected chi connectivity index (χ0v) is 19.8. The van der Waals surface area contributed by atoms with Crippen molar-refractivity contribution in [2.24, 2.45) is 5.73 Å². The van der Waals surface area contributed by atoms with Crippen LogP contribution in [0.5, 0.6) is 0 Å². The molecule has 1 aliphatic heterocycles. The van der Waals surface area contributed by atoms with E-state index >= 15 is 0 Å². The van der Waals surface area contributed by atoms with Crippen molar-refractivity contribution in [1.29, 1.82) is 0 Å². The molecule has 1 saturated heterocycles. The predicted molar refractivity (Wildman–Crippen MR) is 111 cm³/mol. The van der Waals surface area contributed by atoms with Crippen LogP contribution in [-0.4, -0.2) is 141 Å². The van der Waals surface area contributed by atoms with Crippen LogP contribution in [0.15, 0.2) is 0 Å². The Bertz CT molecular complexity index is 754. The summed E-state index contributed by atoms with van der Waals surface area (Å²) in [4.78, 5) is 48.7. The van der Waals surface area contributed by atoms with Gasteiger partial charge in [-0.15, -0.1) is 0 Å². The van der Waals surface area contributed by atoms with E-state index in [-0.39, 0.29) is 0 Å². The number of rotatable bonds is 13. The molecule has 0 spiro atoms. The number of carbonyl (C=O) groups excluding carboxylic acids is 1. The van der Waals surface area contributed by atoms with E-state index in [0.717, 1.165) is 0 Å². The summed E-state index contributed by atoms with van der Waals surface area (Å²) in [6, 6.07) is -3.28. The van der Waals surface area contributed by atoms with Gasteiger partial charge < -0.3 is 75.8 Å². The highest BCUT2D eigenvalue weighted by Gasteiger charge is 2.47. The fourth-order valence-electron chi connectivity index (χ4n) is 3.22. The maximum absolute atomic E-state index is 12.2. The lowest BCUT2D eigenvalue weighted by atomic mass is 9.97. The molecule has 1 aliphatic rings. The molecule has 208 valence electrons. The average Bonchev–Trinajstić information content (AvgIpc) is 2.76. The number of hydrogen-bond donors (Lipinski definition) is 13. The highest BCUT2D eigenvalue weighted by atomic mass is 31.2. The third-order valence-corrected chi connectivity index (χ3v) is 8.95. The maximum Gasteiger partial charge on any atom is 0.341 e. The second-order valence-electron chi connectivity index (χ2n) is 7.84. The molecular formula is C15H32N2O16P2. The summed E-state index contributed by atoms with van der Waals surface area (Å²) >= 11 is 0. The molecule has 35 heavy (non-hydrogen) atoms. The van der Waals surface area contributed by atoms with Gasteiger partial charge in [0.2, 0.25) is 5.91 Å². The van der Waals surface area contributed by atoms with Gasteiger partial charge in [-0.25, -0.2) is 0 Å². The van der Waals surface area contributed by atoms with E-state index in [0.29, 0.717) is 0 Å². The van der Waals surface area contributed by atoms with Crippen molar-refractivity contribution in [2.45, 2.75) is 66.8 Å². The maximum atomic E-state index is 12.2. The molecule has 1 heterocycles. The van der Waals surface area contributed by atoms with Crippen LogP contribution in [0.2, 0.25) is 0 Å². The second-order valence-corrected chi connectivity index (χ2v) is 11.9. The zero-order chi connectivity index (χ0) is 27.3. The number of ether oxygens (including phenoxy) is 2. The van der Waals surface area contributed by atoms with Crippen molar-refractivity contribution >= 4 is 21.1 Å². The summed E-state index contributed by atoms with van der Waals surface area (Å²) in [5.41, 5.74) is 5.71. The van der Waals surface area contributed by atoms with Crippen molar-refractivity contribution in [3.05, 3.63) is 0 Å². The third kappa shape index (κ3) is 8.72. The Hall–Kier alpha value is -0.630. The molecule has 0 aliphatic carbocycles. The van der Waals surface area contributed by atoms with E-state index in [1.165, 1.54) is 0 Å². The minimum atomic E-state index is -5.46. The van der Waals surface area contributed by atoms with Crippen LogP contribution in [0.25, 0.3) is 0 Å². The Labute approximate surface area is 198 Å². The summed E-state index contributed by atoms with van der Waals surface area (Å²) < 4.78 is 33.2. The topological polar surface area (TPSA) is 330 Å². The van der Waals surface area contributed by atoms with E-state index in [4.69, 9.17) is 34.8 Å². The lowest BCUT2D eigenvalue weighted by molar-refractivity contribution is -0.296. The molecule has 0 aromatic carbocycles. The van der Waals surface area contributed by atoms with Crippen LogP contribution < -0.4 is 11.1 Å². The Morgan fingerprint density at radius 2 is 1.54 bits per heavy atom. The van der Waals surface area contributed by atoms with Gasteiger partial charge in [0.05, 0.1) is 38.3 Å². The van der Waals surface area contributed by atoms with E-state index in [9.17, 15) is 49.7 Å². The molecule has 20 heteroatoms. The van der Waals surface area contributed by atoms with Crippen molar-refractivity contribution < 1.29 is 78.7 Å². The number of nitrogens with one attached hydrogen (secondary N) is 1. The smallest absolute Gasteiger partial charge is 0.341 e. The largest absolute Gasteiger partial charge is 0.394 e. The summed E-state index contributed by atoms with van der Waals surface area (Å²) in [5, 5.41) is 67.9. The molecule has 0 aromatic heterocycles. The van der Waals surface area contributed by atoms with E-state index in [1.807, 2.05) is 5.32 Å². The first-order chi connectivity index (χ1) is 16.0. The van der Waals surface area contributed by atoms with Crippen LogP contribution in [-0.2, 0) is 23.4 Å². The molecule has 14 N–H and O–H groups in total. The second kappa shape index (κ2) is 13.3. The van der Waals surface area contributed by atoms with Crippen molar-refractivity contribution in [3.8, 4) is 0 Å². The first-order valence-corrected chi connectivity index (χ1v) is 13.4. The molecule has 0 bridgehead atoms. The number of aliphatic hydroxyl groups is 7. The van der Waals surface area contributed by atoms with Gasteiger partial charge in [0.25, 0.3) is 0 Å². The fourth-order valence-corrected chi connectivity index (χ4v) is 5.59. The van der Waals surface area contributed by atoms with Crippen molar-refractivity contribution in [3.63, 3.8) is 0 Å². The average molecular weight is 558 g/mol. The highest BCUT2D eigenvalue weighted by Crippen LogP contribution is 2.61. The lowest BCUT2D eigenvalue weighted by Crippen LogP contribution is -2.65. The summed E-state index contributed by atoms with van der Waals surface area (Å²) in [6.45, 7) is -2.95. The first-order valence-electron chi connectivity index (χ1n) is 10.0. The van der Waals surface area contributed by atoms with Crippen LogP contribution in [0.1, 0.15) is 6.42 Å². The van der Waals surface area contributed by atoms with Crippen molar-refractivity contribution in [2.75, 3.05) is 19.8 Å². The number of amides is 1. The van der Waals surface area contributed by atoms with Gasteiger partial charge in [0.1, 0.15) is 36.6 Å². The molecule has 0 radical (unpaired) electrons. The van der Waals surface area contributed by atoms with Crippen LogP contribution >= 0.6 is 15.2 Å². The van der Waals surface area contributed by atoms with Gasteiger partial charge in [-0.2, -0.15) is 0 Å². The van der Waals surface area contributed by atoms with E-state index in [2.05, 4.69) is 0 Å². The standard InChI is InChI=1S/C15H32N2O16P2/c16-10-13(25)12(24)7(4-20)32-15(10)33-14(6(21)3-19)11(23)5(2-18)17-8(22)1-9(34(26,27)28)35(29,30)31/h5-7,9-15,18-21,23-25H,1-4,16H2,(H,17,22)(H2,26,27,28)(H2,29,30,31)/t5?,6?,7?,10?,11-,12+,13-,14+,15+/m1/s1. The minimum absolute atomic E-state index is 0.795. The molecule has 18 nitrogen and oxygen atoms in total. The van der Waals surface area contributed by atoms with Crippen LogP contribution in [0, 0.1) is 0 Å². The minimum Gasteiger partial charge on any atom is -0.394 e. The SMILES string of the molecule is NC1[C@H](O[C@@H](C(O)CO)[C@H](O)C(CO)NC(=O)CC(P(=O)(O)O)P(=O)(O)O)OC(CO)[C@H](O)[C@@H]1O. The molecule has 9 atom stereocenters. The quantitative estimate of drug-likeness (QED) is 0.0934. The monoisotopic (exact) mass is 558 g/mol. The van der Waals surface area contributed by atoms with Crippen molar-refractivity contribution in [1.82, 2.24) is 5.32 Å². The van der Waals surface area contributed by atoms with Gasteiger partial charge in [0.15, 0.2) is 11.7 Å². The molecule has 4 unspecified atom stereocenters. The predicted octanol–water partition coefficient (Wildman–Crippen LogP) is -6.60. The van der Waals surface area contributed by atoms with Gasteiger partial charge in [-0.1, -0.05) is 0 Å². The van der Waals surface area contributed by atoms with Crippen LogP contribution in [0.3, 0.4) is 0 Å². The molecular weight excluding hydrogens is 526 g/mol. The molecule has 1 amide bonds. The molecule has 0 saturated carbocycles. The molecule has 0 aromatic rings. The Morgan fingerprint density at radius 1 is 1.00 bits per heavy atom. The number of nitrogens with two attached hydrogens (primary N) is 1. The van der Waals surface area contributed by atoms with E-state index < -0.39 is 108 Å². The summed E-state index contributed by atoms with van der Waals surface area (Å²) in [6.07, 6.45) is -13.8. The normalized spacial score (nSPS) is 29.5. The van der Waals surface area contributed by atoms with E-state index in [1.54, 1.807) is 0 Å². The lowest BCUT2D eigenvalue weighted by Gasteiger charge is -2.43. The zero-order valence-electron chi connectivity index (χ0n) is 18.0. The van der Waals surface area contributed by atoms with Gasteiger partial charge in [-0.3, -0.25) is 13.9 Å². The number of hydrogen-bond acceptors (Lipinski definition) is 13.